The van der Waals surface area contributed by atoms with Gasteiger partial charge in [-0.25, -0.2) is 18.2 Å². The first kappa shape index (κ1) is 15.4. The van der Waals surface area contributed by atoms with Crippen LogP contribution in [0.2, 0.25) is 0 Å². The van der Waals surface area contributed by atoms with E-state index >= 15 is 0 Å². The number of nitrogens with one attached hydrogen (secondary N) is 1. The third-order valence-corrected chi connectivity index (χ3v) is 7.32. The molecule has 24 heavy (non-hydrogen) atoms. The highest BCUT2D eigenvalue weighted by molar-refractivity contribution is 7.92. The van der Waals surface area contributed by atoms with Gasteiger partial charge in [0.1, 0.15) is 6.10 Å². The molecule has 3 saturated carbocycles. The molecule has 1 aromatic rings. The Labute approximate surface area is 139 Å². The van der Waals surface area contributed by atoms with Crippen LogP contribution in [0, 0.1) is 12.3 Å². The highest BCUT2D eigenvalue weighted by atomic mass is 32.2. The van der Waals surface area contributed by atoms with Gasteiger partial charge in [0, 0.05) is 11.0 Å². The Hall–Kier alpha value is -2.09. The smallest absolute Gasteiger partial charge is 0.405 e. The molecule has 2 bridgehead atoms. The first-order chi connectivity index (χ1) is 11.3. The van der Waals surface area contributed by atoms with Crippen LogP contribution in [-0.4, -0.2) is 43.0 Å². The molecule has 0 saturated heterocycles. The fourth-order valence-electron chi connectivity index (χ4n) is 4.39. The molecule has 0 radical (unpaired) electrons. The van der Waals surface area contributed by atoms with Gasteiger partial charge < -0.3 is 15.2 Å². The monoisotopic (exact) mass is 350 g/mol. The summed E-state index contributed by atoms with van der Waals surface area (Å²) in [7, 11) is -3.64. The van der Waals surface area contributed by atoms with Gasteiger partial charge in [0.05, 0.1) is 4.90 Å². The highest BCUT2D eigenvalue weighted by Crippen LogP contribution is 2.70. The predicted molar refractivity (Wildman–Crippen MR) is 85.7 cm³/mol. The molecule has 0 spiro atoms. The van der Waals surface area contributed by atoms with Gasteiger partial charge in [-0.2, -0.15) is 0 Å². The van der Waals surface area contributed by atoms with E-state index in [9.17, 15) is 13.2 Å². The van der Waals surface area contributed by atoms with E-state index in [2.05, 4.69) is 10.3 Å². The molecule has 3 fully saturated rings. The summed E-state index contributed by atoms with van der Waals surface area (Å²) < 4.78 is 31.4. The lowest BCUT2D eigenvalue weighted by Gasteiger charge is -2.71. The maximum absolute atomic E-state index is 12.9. The normalized spacial score (nSPS) is 36.4. The largest absolute Gasteiger partial charge is 0.476 e. The van der Waals surface area contributed by atoms with Crippen LogP contribution in [0.5, 0.6) is 0 Å². The van der Waals surface area contributed by atoms with Crippen molar-refractivity contribution in [2.75, 3.05) is 0 Å². The lowest BCUT2D eigenvalue weighted by Crippen LogP contribution is -2.78. The number of aliphatic imine (C=N–C) groups is 1. The fraction of sp³-hybridized carbons (Fsp3) is 0.500. The zero-order chi connectivity index (χ0) is 17.2. The predicted octanol–water partition coefficient (Wildman–Crippen LogP) is 1.71. The third kappa shape index (κ3) is 2.05. The number of hydrogen-bond acceptors (Lipinski definition) is 5. The number of nitrogens with zero attached hydrogens (tertiary/aromatic N) is 1. The molecule has 3 aliphatic carbocycles. The second-order valence-corrected chi connectivity index (χ2v) is 9.21. The maximum Gasteiger partial charge on any atom is 0.405 e. The van der Waals surface area contributed by atoms with Gasteiger partial charge in [-0.3, -0.25) is 0 Å². The van der Waals surface area contributed by atoms with Crippen molar-refractivity contribution < 1.29 is 23.1 Å². The van der Waals surface area contributed by atoms with Crippen LogP contribution >= 0.6 is 0 Å². The van der Waals surface area contributed by atoms with Crippen molar-refractivity contribution in [3.8, 4) is 0 Å². The molecule has 1 aliphatic heterocycles. The number of aryl methyl sites for hydroxylation is 1. The summed E-state index contributed by atoms with van der Waals surface area (Å²) in [5, 5.41) is 10.4. The molecule has 4 aliphatic rings. The van der Waals surface area contributed by atoms with Crippen LogP contribution in [0.4, 0.5) is 4.79 Å². The minimum atomic E-state index is -3.64. The third-order valence-electron chi connectivity index (χ3n) is 5.39. The molecule has 1 heterocycles. The number of carboxylic acid groups (broad SMARTS) is 1. The van der Waals surface area contributed by atoms with E-state index in [-0.39, 0.29) is 10.3 Å². The molecule has 1 aromatic carbocycles. The SMILES string of the molecule is Cc1ccc(S(=O)(=O)C2N=COC2C23CC(NC(=O)O)(C2)C3)cc1. The Morgan fingerprint density at radius 2 is 1.92 bits per heavy atom. The Balaban J connectivity index is 1.55. The molecular formula is C16H18N2O5S. The van der Waals surface area contributed by atoms with Crippen LogP contribution in [0.3, 0.4) is 0 Å². The molecule has 0 aromatic heterocycles. The van der Waals surface area contributed by atoms with E-state index < -0.39 is 32.9 Å². The molecule has 1 amide bonds. The van der Waals surface area contributed by atoms with Crippen molar-refractivity contribution in [3.05, 3.63) is 29.8 Å². The lowest BCUT2D eigenvalue weighted by molar-refractivity contribution is -0.201. The topological polar surface area (TPSA) is 105 Å². The highest BCUT2D eigenvalue weighted by Gasteiger charge is 2.74. The van der Waals surface area contributed by atoms with Crippen molar-refractivity contribution >= 4 is 22.3 Å². The van der Waals surface area contributed by atoms with Crippen LogP contribution < -0.4 is 5.32 Å². The second kappa shape index (κ2) is 4.72. The lowest BCUT2D eigenvalue weighted by atomic mass is 9.37. The maximum atomic E-state index is 12.9. The molecule has 2 N–H and O–H groups in total. The number of hydrogen-bond donors (Lipinski definition) is 2. The summed E-state index contributed by atoms with van der Waals surface area (Å²) in [6.45, 7) is 1.90. The summed E-state index contributed by atoms with van der Waals surface area (Å²) in [5.74, 6) is 0. The van der Waals surface area contributed by atoms with Crippen molar-refractivity contribution in [2.45, 2.75) is 48.1 Å². The van der Waals surface area contributed by atoms with Gasteiger partial charge >= 0.3 is 6.09 Å². The van der Waals surface area contributed by atoms with Crippen molar-refractivity contribution in [3.63, 3.8) is 0 Å². The second-order valence-electron chi connectivity index (χ2n) is 7.16. The van der Waals surface area contributed by atoms with Gasteiger partial charge in [0.15, 0.2) is 11.8 Å². The molecule has 128 valence electrons. The number of carbonyl (C=O) groups is 1. The van der Waals surface area contributed by atoms with Gasteiger partial charge in [-0.1, -0.05) is 17.7 Å². The Morgan fingerprint density at radius 3 is 2.50 bits per heavy atom. The minimum Gasteiger partial charge on any atom is -0.476 e. The molecule has 7 nitrogen and oxygen atoms in total. The summed E-state index contributed by atoms with van der Waals surface area (Å²) >= 11 is 0. The molecular weight excluding hydrogens is 332 g/mol. The summed E-state index contributed by atoms with van der Waals surface area (Å²) in [6, 6.07) is 6.69. The van der Waals surface area contributed by atoms with Gasteiger partial charge in [-0.05, 0) is 38.3 Å². The Kier molecular flexibility index (Phi) is 3.04. The van der Waals surface area contributed by atoms with Crippen LogP contribution in [0.25, 0.3) is 0 Å². The van der Waals surface area contributed by atoms with Crippen LogP contribution in [0.1, 0.15) is 24.8 Å². The summed E-state index contributed by atoms with van der Waals surface area (Å²) in [5.41, 5.74) is 0.273. The number of rotatable bonds is 4. The van der Waals surface area contributed by atoms with E-state index in [0.717, 1.165) is 5.56 Å². The number of sulfone groups is 1. The number of amides is 1. The van der Waals surface area contributed by atoms with Gasteiger partial charge in [0.25, 0.3) is 0 Å². The molecule has 2 atom stereocenters. The van der Waals surface area contributed by atoms with Gasteiger partial charge in [0.2, 0.25) is 9.84 Å². The molecule has 2 unspecified atom stereocenters. The zero-order valence-electron chi connectivity index (χ0n) is 13.1. The molecule has 8 heteroatoms. The molecule has 5 rings (SSSR count). The van der Waals surface area contributed by atoms with E-state index in [1.165, 1.54) is 6.40 Å². The standard InChI is InChI=1S/C16H18N2O5S/c1-10-2-4-11(5-3-10)24(21,22)13-12(23-9-17-13)15-6-16(7-15,8-15)18-14(19)20/h2-5,9,12-13,18H,6-8H2,1H3,(H,19,20). The van der Waals surface area contributed by atoms with E-state index in [1.807, 2.05) is 6.92 Å². The minimum absolute atomic E-state index is 0.232. The Bertz CT molecular complexity index is 811. The average molecular weight is 350 g/mol. The van der Waals surface area contributed by atoms with Crippen molar-refractivity contribution in [1.29, 1.82) is 0 Å². The number of ether oxygens (including phenoxy) is 1. The van der Waals surface area contributed by atoms with Crippen LogP contribution in [0.15, 0.2) is 34.2 Å². The number of benzene rings is 1. The Morgan fingerprint density at radius 1 is 1.29 bits per heavy atom. The van der Waals surface area contributed by atoms with Crippen LogP contribution in [-0.2, 0) is 14.6 Å². The summed E-state index contributed by atoms with van der Waals surface area (Å²) in [6.07, 6.45) is 1.41. The van der Waals surface area contributed by atoms with E-state index in [0.29, 0.717) is 19.3 Å². The van der Waals surface area contributed by atoms with E-state index in [1.54, 1.807) is 24.3 Å². The van der Waals surface area contributed by atoms with Crippen molar-refractivity contribution in [2.24, 2.45) is 10.4 Å². The summed E-state index contributed by atoms with van der Waals surface area (Å²) in [4.78, 5) is 15.1. The average Bonchev–Trinajstić information content (AvgIpc) is 2.91. The fourth-order valence-corrected chi connectivity index (χ4v) is 6.07. The van der Waals surface area contributed by atoms with Gasteiger partial charge in [-0.15, -0.1) is 0 Å². The van der Waals surface area contributed by atoms with E-state index in [4.69, 9.17) is 9.84 Å². The first-order valence-corrected chi connectivity index (χ1v) is 9.30. The zero-order valence-corrected chi connectivity index (χ0v) is 13.9. The van der Waals surface area contributed by atoms with Crippen molar-refractivity contribution in [1.82, 2.24) is 5.32 Å². The quantitative estimate of drug-likeness (QED) is 0.860. The first-order valence-electron chi connectivity index (χ1n) is 7.75.